The number of amides is 1. The Kier molecular flexibility index (Phi) is 4.12. The van der Waals surface area contributed by atoms with E-state index in [1.165, 1.54) is 6.39 Å². The third-order valence-corrected chi connectivity index (χ3v) is 5.95. The van der Waals surface area contributed by atoms with Crippen molar-refractivity contribution in [3.05, 3.63) is 53.7 Å². The van der Waals surface area contributed by atoms with Crippen LogP contribution in [0.4, 0.5) is 0 Å². The lowest BCUT2D eigenvalue weighted by atomic mass is 9.66. The second-order valence-electron chi connectivity index (χ2n) is 7.26. The van der Waals surface area contributed by atoms with Crippen LogP contribution in [-0.4, -0.2) is 33.5 Å². The van der Waals surface area contributed by atoms with E-state index in [-0.39, 0.29) is 17.9 Å². The molecular formula is C20H24N2O3. The molecule has 1 aliphatic carbocycles. The zero-order valence-electron chi connectivity index (χ0n) is 14.5. The van der Waals surface area contributed by atoms with E-state index < -0.39 is 5.60 Å². The van der Waals surface area contributed by atoms with Gasteiger partial charge in [-0.25, -0.2) is 4.98 Å². The second kappa shape index (κ2) is 6.30. The molecule has 3 atom stereocenters. The lowest BCUT2D eigenvalue weighted by Crippen LogP contribution is -2.59. The Morgan fingerprint density at radius 3 is 2.76 bits per heavy atom. The Balaban J connectivity index is 1.67. The zero-order chi connectivity index (χ0) is 17.4. The average molecular weight is 340 g/mol. The molecule has 132 valence electrons. The van der Waals surface area contributed by atoms with Crippen LogP contribution in [0, 0.1) is 12.8 Å². The normalized spacial score (nSPS) is 29.3. The molecule has 0 spiro atoms. The molecule has 1 N–H and O–H groups in total. The van der Waals surface area contributed by atoms with E-state index in [0.29, 0.717) is 24.4 Å². The Morgan fingerprint density at radius 1 is 1.28 bits per heavy atom. The number of carbonyl (C=O) groups is 1. The summed E-state index contributed by atoms with van der Waals surface area (Å²) < 4.78 is 5.33. The summed E-state index contributed by atoms with van der Waals surface area (Å²) in [5, 5.41) is 11.5. The molecule has 1 saturated heterocycles. The molecule has 1 aromatic carbocycles. The summed E-state index contributed by atoms with van der Waals surface area (Å²) in [6, 6.07) is 9.97. The molecule has 1 amide bonds. The number of nitrogens with zero attached hydrogens (tertiary/aromatic N) is 2. The number of aryl methyl sites for hydroxylation is 1. The first kappa shape index (κ1) is 16.3. The van der Waals surface area contributed by atoms with Gasteiger partial charge >= 0.3 is 0 Å². The number of aromatic nitrogens is 1. The summed E-state index contributed by atoms with van der Waals surface area (Å²) in [4.78, 5) is 19.0. The summed E-state index contributed by atoms with van der Waals surface area (Å²) in [7, 11) is 0. The summed E-state index contributed by atoms with van der Waals surface area (Å²) in [5.41, 5.74) is 0.732. The highest BCUT2D eigenvalue weighted by atomic mass is 16.3. The molecule has 2 fully saturated rings. The average Bonchev–Trinajstić information content (AvgIpc) is 3.08. The molecule has 5 heteroatoms. The first-order valence-electron chi connectivity index (χ1n) is 9.10. The molecule has 1 aliphatic heterocycles. The Bertz CT molecular complexity index is 757. The fourth-order valence-electron chi connectivity index (χ4n) is 4.66. The number of hydrogen-bond donors (Lipinski definition) is 1. The van der Waals surface area contributed by atoms with Crippen LogP contribution in [0.2, 0.25) is 0 Å². The van der Waals surface area contributed by atoms with Crippen molar-refractivity contribution in [3.63, 3.8) is 0 Å². The van der Waals surface area contributed by atoms with Crippen molar-refractivity contribution in [2.45, 2.75) is 50.7 Å². The largest absolute Gasteiger partial charge is 0.438 e. The molecule has 2 aromatic rings. The second-order valence-corrected chi connectivity index (χ2v) is 7.26. The first-order valence-corrected chi connectivity index (χ1v) is 9.10. The van der Waals surface area contributed by atoms with Gasteiger partial charge in [-0.2, -0.15) is 0 Å². The van der Waals surface area contributed by atoms with E-state index in [1.54, 1.807) is 6.92 Å². The van der Waals surface area contributed by atoms with Gasteiger partial charge in [0.1, 0.15) is 0 Å². The number of fused-ring (bicyclic) bond motifs is 1. The maximum absolute atomic E-state index is 13.0. The third kappa shape index (κ3) is 2.67. The molecule has 0 unspecified atom stereocenters. The van der Waals surface area contributed by atoms with Crippen LogP contribution < -0.4 is 0 Å². The van der Waals surface area contributed by atoms with E-state index in [9.17, 15) is 9.90 Å². The van der Waals surface area contributed by atoms with E-state index in [4.69, 9.17) is 4.42 Å². The van der Waals surface area contributed by atoms with Crippen molar-refractivity contribution >= 4 is 5.91 Å². The van der Waals surface area contributed by atoms with Gasteiger partial charge in [0, 0.05) is 18.5 Å². The van der Waals surface area contributed by atoms with Gasteiger partial charge in [-0.3, -0.25) is 4.79 Å². The smallest absolute Gasteiger partial charge is 0.291 e. The summed E-state index contributed by atoms with van der Waals surface area (Å²) in [6.07, 6.45) is 5.93. The quantitative estimate of drug-likeness (QED) is 0.911. The molecule has 4 rings (SSSR count). The topological polar surface area (TPSA) is 66.6 Å². The Labute approximate surface area is 147 Å². The number of oxazole rings is 1. The minimum atomic E-state index is -0.862. The molecule has 25 heavy (non-hydrogen) atoms. The van der Waals surface area contributed by atoms with E-state index in [1.807, 2.05) is 35.2 Å². The minimum absolute atomic E-state index is 0.0460. The van der Waals surface area contributed by atoms with Gasteiger partial charge in [0.25, 0.3) is 5.91 Å². The van der Waals surface area contributed by atoms with Crippen molar-refractivity contribution in [1.29, 1.82) is 0 Å². The van der Waals surface area contributed by atoms with Crippen molar-refractivity contribution in [1.82, 2.24) is 9.88 Å². The predicted molar refractivity (Wildman–Crippen MR) is 93.0 cm³/mol. The minimum Gasteiger partial charge on any atom is -0.438 e. The summed E-state index contributed by atoms with van der Waals surface area (Å²) >= 11 is 0. The lowest BCUT2D eigenvalue weighted by Gasteiger charge is -2.52. The van der Waals surface area contributed by atoms with Crippen LogP contribution in [0.15, 0.2) is 41.1 Å². The SMILES string of the molecule is Cc1ncoc1C(=O)N1CC[C@](O)(c2ccccc2)[C@@H]2CCCC[C@H]21. The molecule has 0 radical (unpaired) electrons. The Morgan fingerprint density at radius 2 is 2.04 bits per heavy atom. The lowest BCUT2D eigenvalue weighted by molar-refractivity contribution is -0.110. The van der Waals surface area contributed by atoms with Crippen LogP contribution in [0.3, 0.4) is 0 Å². The molecule has 5 nitrogen and oxygen atoms in total. The van der Waals surface area contributed by atoms with Gasteiger partial charge in [0.2, 0.25) is 5.76 Å². The molecule has 2 heterocycles. The molecular weight excluding hydrogens is 316 g/mol. The maximum Gasteiger partial charge on any atom is 0.291 e. The van der Waals surface area contributed by atoms with Crippen molar-refractivity contribution < 1.29 is 14.3 Å². The molecule has 1 aromatic heterocycles. The van der Waals surface area contributed by atoms with E-state index >= 15 is 0 Å². The monoisotopic (exact) mass is 340 g/mol. The number of aliphatic hydroxyl groups is 1. The van der Waals surface area contributed by atoms with Gasteiger partial charge < -0.3 is 14.4 Å². The molecule has 0 bridgehead atoms. The van der Waals surface area contributed by atoms with Gasteiger partial charge in [0.05, 0.1) is 11.3 Å². The number of piperidine rings is 1. The van der Waals surface area contributed by atoms with Crippen LogP contribution in [0.5, 0.6) is 0 Å². The molecule has 1 saturated carbocycles. The highest BCUT2D eigenvalue weighted by Crippen LogP contribution is 2.47. The number of benzene rings is 1. The zero-order valence-corrected chi connectivity index (χ0v) is 14.5. The van der Waals surface area contributed by atoms with Crippen LogP contribution in [0.25, 0.3) is 0 Å². The standard InChI is InChI=1S/C20H24N2O3/c1-14-18(25-13-21-14)19(23)22-12-11-20(24,15-7-3-2-4-8-15)16-9-5-6-10-17(16)22/h2-4,7-8,13,16-17,24H,5-6,9-12H2,1H3/t16-,17-,20+/m1/s1. The van der Waals surface area contributed by atoms with Gasteiger partial charge in [0.15, 0.2) is 6.39 Å². The summed E-state index contributed by atoms with van der Waals surface area (Å²) in [6.45, 7) is 2.32. The highest BCUT2D eigenvalue weighted by molar-refractivity contribution is 5.92. The maximum atomic E-state index is 13.0. The van der Waals surface area contributed by atoms with E-state index in [0.717, 1.165) is 31.2 Å². The van der Waals surface area contributed by atoms with Gasteiger partial charge in [-0.1, -0.05) is 43.2 Å². The third-order valence-electron chi connectivity index (χ3n) is 5.95. The molecule has 2 aliphatic rings. The number of rotatable bonds is 2. The highest BCUT2D eigenvalue weighted by Gasteiger charge is 2.50. The fourth-order valence-corrected chi connectivity index (χ4v) is 4.66. The predicted octanol–water partition coefficient (Wildman–Crippen LogP) is 3.28. The first-order chi connectivity index (χ1) is 12.1. The van der Waals surface area contributed by atoms with Crippen molar-refractivity contribution in [2.75, 3.05) is 6.54 Å². The number of carbonyl (C=O) groups excluding carboxylic acids is 1. The van der Waals surface area contributed by atoms with Crippen LogP contribution in [-0.2, 0) is 5.60 Å². The fraction of sp³-hybridized carbons (Fsp3) is 0.500. The van der Waals surface area contributed by atoms with Crippen molar-refractivity contribution in [3.8, 4) is 0 Å². The van der Waals surface area contributed by atoms with E-state index in [2.05, 4.69) is 4.98 Å². The van der Waals surface area contributed by atoms with Crippen molar-refractivity contribution in [2.24, 2.45) is 5.92 Å². The van der Waals surface area contributed by atoms with Gasteiger partial charge in [-0.15, -0.1) is 0 Å². The number of likely N-dealkylation sites (tertiary alicyclic amines) is 1. The van der Waals surface area contributed by atoms with Crippen LogP contribution in [0.1, 0.15) is 53.9 Å². The van der Waals surface area contributed by atoms with Crippen LogP contribution >= 0.6 is 0 Å². The number of hydrogen-bond acceptors (Lipinski definition) is 4. The Hall–Kier alpha value is -2.14. The summed E-state index contributed by atoms with van der Waals surface area (Å²) in [5.74, 6) is 0.293. The van der Waals surface area contributed by atoms with Gasteiger partial charge in [-0.05, 0) is 31.7 Å².